The van der Waals surface area contributed by atoms with Crippen LogP contribution in [0.5, 0.6) is 0 Å². The molecule has 1 N–H and O–H groups in total. The van der Waals surface area contributed by atoms with E-state index in [1.165, 1.54) is 0 Å². The fraction of sp³-hybridized carbons (Fsp3) is 0.375. The first-order chi connectivity index (χ1) is 15.1. The molecule has 2 amide bonds. The van der Waals surface area contributed by atoms with E-state index in [9.17, 15) is 9.59 Å². The van der Waals surface area contributed by atoms with Gasteiger partial charge in [-0.3, -0.25) is 9.59 Å². The number of halogens is 1. The number of anilines is 1. The van der Waals surface area contributed by atoms with E-state index in [0.717, 1.165) is 52.4 Å². The molecule has 0 radical (unpaired) electrons. The molecule has 160 valence electrons. The zero-order valence-corrected chi connectivity index (χ0v) is 18.7. The molecule has 7 heteroatoms. The highest BCUT2D eigenvalue weighted by Crippen LogP contribution is 2.35. The lowest BCUT2D eigenvalue weighted by Crippen LogP contribution is -2.38. The predicted molar refractivity (Wildman–Crippen MR) is 125 cm³/mol. The number of benzene rings is 2. The number of carbonyl (C=O) groups excluding carboxylic acids is 2. The average Bonchev–Trinajstić information content (AvgIpc) is 3.20. The number of nitrogens with one attached hydrogen (secondary N) is 1. The van der Waals surface area contributed by atoms with E-state index < -0.39 is 0 Å². The zero-order chi connectivity index (χ0) is 21.4. The average molecular weight is 454 g/mol. The van der Waals surface area contributed by atoms with Crippen molar-refractivity contribution in [3.8, 4) is 0 Å². The summed E-state index contributed by atoms with van der Waals surface area (Å²) in [7, 11) is 0. The molecule has 31 heavy (non-hydrogen) atoms. The molecule has 3 aromatic rings. The molecule has 1 fully saturated rings. The molecule has 1 atom stereocenters. The number of amides is 2. The summed E-state index contributed by atoms with van der Waals surface area (Å²) in [4.78, 5) is 31.9. The Bertz CT molecular complexity index is 1140. The van der Waals surface area contributed by atoms with Gasteiger partial charge in [-0.05, 0) is 55.5 Å². The van der Waals surface area contributed by atoms with E-state index in [0.29, 0.717) is 30.2 Å². The molecule has 3 heterocycles. The van der Waals surface area contributed by atoms with Gasteiger partial charge in [0.15, 0.2) is 0 Å². The second kappa shape index (κ2) is 8.60. The fourth-order valence-corrected chi connectivity index (χ4v) is 5.85. The Hall–Kier alpha value is -2.44. The summed E-state index contributed by atoms with van der Waals surface area (Å²) >= 11 is 7.81. The van der Waals surface area contributed by atoms with Gasteiger partial charge in [-0.25, -0.2) is 4.98 Å². The van der Waals surface area contributed by atoms with Crippen LogP contribution in [0.15, 0.2) is 42.5 Å². The highest BCUT2D eigenvalue weighted by atomic mass is 35.5. The summed E-state index contributed by atoms with van der Waals surface area (Å²) in [5.74, 6) is 0.439. The molecule has 2 aromatic carbocycles. The van der Waals surface area contributed by atoms with Crippen LogP contribution in [0, 0.1) is 5.92 Å². The topological polar surface area (TPSA) is 62.3 Å². The fourth-order valence-electron chi connectivity index (χ4n) is 4.57. The Labute approximate surface area is 190 Å². The van der Waals surface area contributed by atoms with Crippen molar-refractivity contribution in [2.24, 2.45) is 5.92 Å². The zero-order valence-electron chi connectivity index (χ0n) is 17.1. The van der Waals surface area contributed by atoms with E-state index in [-0.39, 0.29) is 17.7 Å². The number of aromatic nitrogens is 1. The first-order valence-electron chi connectivity index (χ1n) is 10.8. The maximum atomic E-state index is 12.8. The Balaban J connectivity index is 1.14. The molecular weight excluding hydrogens is 430 g/mol. The van der Waals surface area contributed by atoms with Gasteiger partial charge in [-0.2, -0.15) is 0 Å². The first kappa shape index (κ1) is 20.5. The number of likely N-dealkylation sites (tertiary alicyclic amines) is 1. The Kier molecular flexibility index (Phi) is 5.67. The Morgan fingerprint density at radius 1 is 1.19 bits per heavy atom. The van der Waals surface area contributed by atoms with Crippen LogP contribution >= 0.6 is 22.9 Å². The van der Waals surface area contributed by atoms with Crippen LogP contribution in [0.1, 0.15) is 42.2 Å². The van der Waals surface area contributed by atoms with Crippen molar-refractivity contribution < 1.29 is 9.59 Å². The molecule has 2 aliphatic rings. The van der Waals surface area contributed by atoms with E-state index in [2.05, 4.69) is 5.32 Å². The van der Waals surface area contributed by atoms with Gasteiger partial charge in [-0.15, -0.1) is 11.3 Å². The third-order valence-corrected chi connectivity index (χ3v) is 7.82. The van der Waals surface area contributed by atoms with Crippen molar-refractivity contribution in [2.45, 2.75) is 38.0 Å². The summed E-state index contributed by atoms with van der Waals surface area (Å²) in [6, 6.07) is 13.7. The normalized spacial score (nSPS) is 19.3. The summed E-state index contributed by atoms with van der Waals surface area (Å²) < 4.78 is 1.16. The van der Waals surface area contributed by atoms with Crippen molar-refractivity contribution in [1.29, 1.82) is 0 Å². The Morgan fingerprint density at radius 3 is 2.84 bits per heavy atom. The lowest BCUT2D eigenvalue weighted by molar-refractivity contribution is -0.132. The summed E-state index contributed by atoms with van der Waals surface area (Å²) in [6.07, 6.45) is 3.58. The van der Waals surface area contributed by atoms with Crippen LogP contribution in [-0.4, -0.2) is 34.8 Å². The van der Waals surface area contributed by atoms with Crippen molar-refractivity contribution in [3.05, 3.63) is 58.1 Å². The number of hydrogen-bond donors (Lipinski definition) is 1. The van der Waals surface area contributed by atoms with Crippen molar-refractivity contribution >= 4 is 50.7 Å². The van der Waals surface area contributed by atoms with Gasteiger partial charge < -0.3 is 10.2 Å². The number of piperidine rings is 1. The van der Waals surface area contributed by atoms with Gasteiger partial charge in [-0.1, -0.05) is 29.8 Å². The highest BCUT2D eigenvalue weighted by Gasteiger charge is 2.29. The molecule has 5 rings (SSSR count). The second-order valence-corrected chi connectivity index (χ2v) is 9.90. The molecule has 0 spiro atoms. The van der Waals surface area contributed by atoms with Crippen molar-refractivity contribution in [3.63, 3.8) is 0 Å². The predicted octanol–water partition coefficient (Wildman–Crippen LogP) is 5.25. The lowest BCUT2D eigenvalue weighted by atomic mass is 9.89. The summed E-state index contributed by atoms with van der Waals surface area (Å²) in [5, 5.41) is 4.82. The van der Waals surface area contributed by atoms with Crippen LogP contribution in [0.2, 0.25) is 5.02 Å². The highest BCUT2D eigenvalue weighted by molar-refractivity contribution is 7.18. The minimum Gasteiger partial charge on any atom is -0.343 e. The van der Waals surface area contributed by atoms with E-state index >= 15 is 0 Å². The number of para-hydroxylation sites is 1. The van der Waals surface area contributed by atoms with Crippen LogP contribution in [0.4, 0.5) is 5.69 Å². The molecule has 0 saturated carbocycles. The molecule has 0 aliphatic carbocycles. The largest absolute Gasteiger partial charge is 0.343 e. The van der Waals surface area contributed by atoms with Gasteiger partial charge in [0.2, 0.25) is 11.8 Å². The molecular formula is C24H24ClN3O2S. The smallest absolute Gasteiger partial charge is 0.227 e. The molecule has 0 bridgehead atoms. The van der Waals surface area contributed by atoms with Crippen LogP contribution < -0.4 is 5.32 Å². The van der Waals surface area contributed by atoms with E-state index in [1.807, 2.05) is 47.4 Å². The van der Waals surface area contributed by atoms with E-state index in [4.69, 9.17) is 16.6 Å². The van der Waals surface area contributed by atoms with Crippen molar-refractivity contribution in [2.75, 3.05) is 18.4 Å². The molecule has 1 aromatic heterocycles. The molecule has 2 aliphatic heterocycles. The number of rotatable bonds is 4. The van der Waals surface area contributed by atoms with Crippen LogP contribution in [-0.2, 0) is 16.0 Å². The van der Waals surface area contributed by atoms with Crippen molar-refractivity contribution in [1.82, 2.24) is 9.88 Å². The standard InChI is InChI=1S/C24H24ClN3O2S/c25-18-6-7-21-20(14-18)27-24(31-21)15-9-11-28(12-10-15)22(29)8-5-17-13-16-3-1-2-4-19(16)26-23(17)30/h1-4,6-7,14-15,17H,5,8-13H2,(H,26,30). The number of nitrogens with zero attached hydrogens (tertiary/aromatic N) is 2. The molecule has 1 unspecified atom stereocenters. The summed E-state index contributed by atoms with van der Waals surface area (Å²) in [5.41, 5.74) is 3.00. The SMILES string of the molecule is O=C1Nc2ccccc2CC1CCC(=O)N1CCC(c2nc3cc(Cl)ccc3s2)CC1. The minimum absolute atomic E-state index is 0.0288. The lowest BCUT2D eigenvalue weighted by Gasteiger charge is -2.32. The number of carbonyl (C=O) groups is 2. The van der Waals surface area contributed by atoms with Gasteiger partial charge in [0, 0.05) is 42.1 Å². The third-order valence-electron chi connectivity index (χ3n) is 6.38. The molecule has 1 saturated heterocycles. The van der Waals surface area contributed by atoms with Gasteiger partial charge in [0.1, 0.15) is 0 Å². The Morgan fingerprint density at radius 2 is 2.00 bits per heavy atom. The molecule has 5 nitrogen and oxygen atoms in total. The first-order valence-corrected chi connectivity index (χ1v) is 12.0. The number of fused-ring (bicyclic) bond motifs is 2. The quantitative estimate of drug-likeness (QED) is 0.587. The minimum atomic E-state index is -0.133. The number of thiazole rings is 1. The second-order valence-electron chi connectivity index (χ2n) is 8.41. The summed E-state index contributed by atoms with van der Waals surface area (Å²) in [6.45, 7) is 1.50. The van der Waals surface area contributed by atoms with Crippen LogP contribution in [0.3, 0.4) is 0 Å². The maximum absolute atomic E-state index is 12.8. The monoisotopic (exact) mass is 453 g/mol. The maximum Gasteiger partial charge on any atom is 0.227 e. The van der Waals surface area contributed by atoms with Gasteiger partial charge in [0.25, 0.3) is 0 Å². The van der Waals surface area contributed by atoms with Gasteiger partial charge >= 0.3 is 0 Å². The number of hydrogen-bond acceptors (Lipinski definition) is 4. The van der Waals surface area contributed by atoms with Gasteiger partial charge in [0.05, 0.1) is 15.2 Å². The van der Waals surface area contributed by atoms with E-state index in [1.54, 1.807) is 11.3 Å². The van der Waals surface area contributed by atoms with Crippen LogP contribution in [0.25, 0.3) is 10.2 Å². The third kappa shape index (κ3) is 4.32.